The van der Waals surface area contributed by atoms with Crippen LogP contribution in [-0.2, 0) is 11.3 Å². The van der Waals surface area contributed by atoms with Crippen LogP contribution in [0.4, 0.5) is 5.13 Å². The highest BCUT2D eigenvalue weighted by Crippen LogP contribution is 2.24. The van der Waals surface area contributed by atoms with Crippen LogP contribution in [0.3, 0.4) is 0 Å². The SMILES string of the molecule is CCCN(C)c1nc(COC)c(C=O)s1. The van der Waals surface area contributed by atoms with E-state index in [4.69, 9.17) is 4.74 Å². The maximum absolute atomic E-state index is 10.8. The van der Waals surface area contributed by atoms with Crippen molar-refractivity contribution in [1.29, 1.82) is 0 Å². The molecule has 0 radical (unpaired) electrons. The fourth-order valence-corrected chi connectivity index (χ4v) is 2.15. The smallest absolute Gasteiger partial charge is 0.186 e. The summed E-state index contributed by atoms with van der Waals surface area (Å²) in [6, 6.07) is 0. The Bertz CT molecular complexity index is 325. The highest BCUT2D eigenvalue weighted by atomic mass is 32.1. The van der Waals surface area contributed by atoms with Crippen molar-refractivity contribution in [3.8, 4) is 0 Å². The van der Waals surface area contributed by atoms with Crippen LogP contribution in [0.2, 0.25) is 0 Å². The van der Waals surface area contributed by atoms with Crippen LogP contribution in [0, 0.1) is 0 Å². The van der Waals surface area contributed by atoms with Gasteiger partial charge in [-0.25, -0.2) is 4.98 Å². The molecule has 84 valence electrons. The van der Waals surface area contributed by atoms with Gasteiger partial charge in [-0.05, 0) is 6.42 Å². The molecule has 1 heterocycles. The molecule has 1 aromatic rings. The molecule has 0 atom stereocenters. The lowest BCUT2D eigenvalue weighted by atomic mass is 10.4. The molecule has 0 saturated carbocycles. The summed E-state index contributed by atoms with van der Waals surface area (Å²) in [4.78, 5) is 17.9. The number of hydrogen-bond acceptors (Lipinski definition) is 5. The summed E-state index contributed by atoms with van der Waals surface area (Å²) in [5.74, 6) is 0. The minimum absolute atomic E-state index is 0.393. The van der Waals surface area contributed by atoms with Gasteiger partial charge in [-0.1, -0.05) is 18.3 Å². The minimum Gasteiger partial charge on any atom is -0.378 e. The van der Waals surface area contributed by atoms with Gasteiger partial charge < -0.3 is 9.64 Å². The number of carbonyl (C=O) groups is 1. The standard InChI is InChI=1S/C10H16N2O2S/c1-4-5-12(2)10-11-8(7-14-3)9(6-13)15-10/h6H,4-5,7H2,1-3H3. The van der Waals surface area contributed by atoms with Gasteiger partial charge in [-0.2, -0.15) is 0 Å². The molecule has 0 saturated heterocycles. The normalized spacial score (nSPS) is 10.3. The molecule has 0 N–H and O–H groups in total. The number of nitrogens with zero attached hydrogens (tertiary/aromatic N) is 2. The zero-order valence-electron chi connectivity index (χ0n) is 9.32. The molecule has 15 heavy (non-hydrogen) atoms. The van der Waals surface area contributed by atoms with Crippen molar-refractivity contribution in [2.45, 2.75) is 20.0 Å². The largest absolute Gasteiger partial charge is 0.378 e. The number of ether oxygens (including phenoxy) is 1. The average molecular weight is 228 g/mol. The van der Waals surface area contributed by atoms with Crippen LogP contribution >= 0.6 is 11.3 Å². The number of anilines is 1. The Morgan fingerprint density at radius 3 is 2.87 bits per heavy atom. The molecule has 5 heteroatoms. The average Bonchev–Trinajstić information content (AvgIpc) is 2.62. The minimum atomic E-state index is 0.393. The maximum atomic E-state index is 10.8. The van der Waals surface area contributed by atoms with Crippen molar-refractivity contribution >= 4 is 22.8 Å². The zero-order chi connectivity index (χ0) is 11.3. The first kappa shape index (κ1) is 12.1. The van der Waals surface area contributed by atoms with Gasteiger partial charge >= 0.3 is 0 Å². The summed E-state index contributed by atoms with van der Waals surface area (Å²) in [5.41, 5.74) is 0.732. The van der Waals surface area contributed by atoms with Crippen molar-refractivity contribution in [3.63, 3.8) is 0 Å². The van der Waals surface area contributed by atoms with Crippen molar-refractivity contribution in [3.05, 3.63) is 10.6 Å². The number of methoxy groups -OCH3 is 1. The number of aromatic nitrogens is 1. The van der Waals surface area contributed by atoms with Crippen LogP contribution < -0.4 is 4.90 Å². The molecule has 1 rings (SSSR count). The van der Waals surface area contributed by atoms with Gasteiger partial charge in [-0.15, -0.1) is 0 Å². The monoisotopic (exact) mass is 228 g/mol. The number of thiazole rings is 1. The van der Waals surface area contributed by atoms with E-state index in [9.17, 15) is 4.79 Å². The van der Waals surface area contributed by atoms with Gasteiger partial charge in [0.1, 0.15) is 0 Å². The third kappa shape index (κ3) is 3.00. The number of hydrogen-bond donors (Lipinski definition) is 0. The fraction of sp³-hybridized carbons (Fsp3) is 0.600. The van der Waals surface area contributed by atoms with Gasteiger partial charge in [-0.3, -0.25) is 4.79 Å². The molecule has 0 aliphatic rings. The third-order valence-corrected chi connectivity index (χ3v) is 3.13. The first-order valence-corrected chi connectivity index (χ1v) is 5.69. The summed E-state index contributed by atoms with van der Waals surface area (Å²) in [6.45, 7) is 3.45. The van der Waals surface area contributed by atoms with Crippen LogP contribution in [0.15, 0.2) is 0 Å². The van der Waals surface area contributed by atoms with E-state index in [0.717, 1.165) is 30.1 Å². The molecule has 0 spiro atoms. The summed E-state index contributed by atoms with van der Waals surface area (Å²) >= 11 is 1.41. The molecule has 0 bridgehead atoms. The van der Waals surface area contributed by atoms with Crippen molar-refractivity contribution in [1.82, 2.24) is 4.98 Å². The van der Waals surface area contributed by atoms with Gasteiger partial charge in [0.05, 0.1) is 17.2 Å². The summed E-state index contributed by atoms with van der Waals surface area (Å²) in [6.07, 6.45) is 1.90. The predicted molar refractivity (Wildman–Crippen MR) is 61.8 cm³/mol. The fourth-order valence-electron chi connectivity index (χ4n) is 1.28. The zero-order valence-corrected chi connectivity index (χ0v) is 10.1. The van der Waals surface area contributed by atoms with Crippen molar-refractivity contribution in [2.75, 3.05) is 25.6 Å². The number of aldehydes is 1. The molecule has 0 aliphatic heterocycles. The molecular formula is C10H16N2O2S. The molecule has 0 amide bonds. The van der Waals surface area contributed by atoms with Crippen molar-refractivity contribution in [2.24, 2.45) is 0 Å². The van der Waals surface area contributed by atoms with Gasteiger partial charge in [0, 0.05) is 20.7 Å². The van der Waals surface area contributed by atoms with Gasteiger partial charge in [0.25, 0.3) is 0 Å². The summed E-state index contributed by atoms with van der Waals surface area (Å²) in [5, 5.41) is 0.881. The molecule has 0 aliphatic carbocycles. The Labute approximate surface area is 93.9 Å². The molecule has 0 unspecified atom stereocenters. The Hall–Kier alpha value is -0.940. The van der Waals surface area contributed by atoms with Crippen LogP contribution in [0.25, 0.3) is 0 Å². The molecule has 0 aromatic carbocycles. The Kier molecular flexibility index (Phi) is 4.71. The van der Waals surface area contributed by atoms with Gasteiger partial charge in [0.15, 0.2) is 11.4 Å². The topological polar surface area (TPSA) is 42.4 Å². The van der Waals surface area contributed by atoms with Crippen LogP contribution in [0.5, 0.6) is 0 Å². The Morgan fingerprint density at radius 2 is 2.33 bits per heavy atom. The first-order valence-electron chi connectivity index (χ1n) is 4.87. The lowest BCUT2D eigenvalue weighted by Gasteiger charge is -2.13. The second-order valence-electron chi connectivity index (χ2n) is 3.28. The van der Waals surface area contributed by atoms with E-state index in [1.807, 2.05) is 7.05 Å². The first-order chi connectivity index (χ1) is 7.22. The Balaban J connectivity index is 2.86. The van der Waals surface area contributed by atoms with E-state index in [0.29, 0.717) is 11.5 Å². The summed E-state index contributed by atoms with van der Waals surface area (Å²) < 4.78 is 4.99. The third-order valence-electron chi connectivity index (χ3n) is 1.99. The molecule has 4 nitrogen and oxygen atoms in total. The van der Waals surface area contributed by atoms with Crippen LogP contribution in [0.1, 0.15) is 28.7 Å². The highest BCUT2D eigenvalue weighted by Gasteiger charge is 2.12. The predicted octanol–water partition coefficient (Wildman–Crippen LogP) is 1.95. The Morgan fingerprint density at radius 1 is 1.60 bits per heavy atom. The summed E-state index contributed by atoms with van der Waals surface area (Å²) in [7, 11) is 3.58. The highest BCUT2D eigenvalue weighted by molar-refractivity contribution is 7.17. The quantitative estimate of drug-likeness (QED) is 0.698. The van der Waals surface area contributed by atoms with E-state index in [1.54, 1.807) is 7.11 Å². The number of rotatable bonds is 6. The number of carbonyl (C=O) groups excluding carboxylic acids is 1. The van der Waals surface area contributed by atoms with E-state index in [2.05, 4.69) is 16.8 Å². The van der Waals surface area contributed by atoms with E-state index in [1.165, 1.54) is 11.3 Å². The lowest BCUT2D eigenvalue weighted by Crippen LogP contribution is -2.17. The van der Waals surface area contributed by atoms with Crippen molar-refractivity contribution < 1.29 is 9.53 Å². The van der Waals surface area contributed by atoms with Gasteiger partial charge in [0.2, 0.25) is 0 Å². The van der Waals surface area contributed by atoms with E-state index >= 15 is 0 Å². The van der Waals surface area contributed by atoms with Crippen LogP contribution in [-0.4, -0.2) is 32.0 Å². The second kappa shape index (κ2) is 5.82. The second-order valence-corrected chi connectivity index (χ2v) is 4.29. The molecule has 0 fully saturated rings. The molecular weight excluding hydrogens is 212 g/mol. The molecule has 1 aromatic heterocycles. The lowest BCUT2D eigenvalue weighted by molar-refractivity contribution is 0.112. The maximum Gasteiger partial charge on any atom is 0.186 e. The van der Waals surface area contributed by atoms with E-state index in [-0.39, 0.29) is 0 Å². The van der Waals surface area contributed by atoms with E-state index < -0.39 is 0 Å².